The zero-order valence-corrected chi connectivity index (χ0v) is 14.1. The van der Waals surface area contributed by atoms with Gasteiger partial charge in [0.15, 0.2) is 0 Å². The Labute approximate surface area is 134 Å². The van der Waals surface area contributed by atoms with Gasteiger partial charge in [-0.05, 0) is 65.1 Å². The van der Waals surface area contributed by atoms with Crippen molar-refractivity contribution < 1.29 is 4.74 Å². The maximum atomic E-state index is 5.61. The van der Waals surface area contributed by atoms with Gasteiger partial charge in [-0.1, -0.05) is 19.1 Å². The van der Waals surface area contributed by atoms with Crippen molar-refractivity contribution in [3.05, 3.63) is 58.3 Å². The summed E-state index contributed by atoms with van der Waals surface area (Å²) >= 11 is 3.50. The number of hydrogen-bond acceptors (Lipinski definition) is 3. The summed E-state index contributed by atoms with van der Waals surface area (Å²) in [6.45, 7) is 5.79. The van der Waals surface area contributed by atoms with Gasteiger partial charge in [0.2, 0.25) is 0 Å². The first-order valence-electron chi connectivity index (χ1n) is 7.31. The predicted molar refractivity (Wildman–Crippen MR) is 89.7 cm³/mol. The van der Waals surface area contributed by atoms with E-state index in [1.165, 1.54) is 5.56 Å². The molecule has 1 aromatic carbocycles. The van der Waals surface area contributed by atoms with Crippen LogP contribution in [0.1, 0.15) is 37.4 Å². The number of benzene rings is 1. The fourth-order valence-electron chi connectivity index (χ4n) is 2.25. The number of halogens is 1. The summed E-state index contributed by atoms with van der Waals surface area (Å²) in [6.07, 6.45) is 4.80. The molecule has 112 valence electrons. The molecule has 2 rings (SSSR count). The van der Waals surface area contributed by atoms with E-state index in [4.69, 9.17) is 4.74 Å². The smallest absolute Gasteiger partial charge is 0.119 e. The van der Waals surface area contributed by atoms with Gasteiger partial charge in [-0.15, -0.1) is 0 Å². The molecule has 1 N–H and O–H groups in total. The molecule has 0 radical (unpaired) electrons. The van der Waals surface area contributed by atoms with Crippen LogP contribution in [0.3, 0.4) is 0 Å². The van der Waals surface area contributed by atoms with Gasteiger partial charge in [0, 0.05) is 16.9 Å². The SMILES string of the molecule is CCCNC(c1cncc(Br)c1)c1cccc(OCC)c1. The van der Waals surface area contributed by atoms with Gasteiger partial charge in [0.25, 0.3) is 0 Å². The van der Waals surface area contributed by atoms with Gasteiger partial charge >= 0.3 is 0 Å². The number of rotatable bonds is 7. The molecule has 0 aliphatic heterocycles. The topological polar surface area (TPSA) is 34.2 Å². The van der Waals surface area contributed by atoms with Gasteiger partial charge in [0.05, 0.1) is 12.6 Å². The number of nitrogens with zero attached hydrogens (tertiary/aromatic N) is 1. The minimum atomic E-state index is 0.121. The summed E-state index contributed by atoms with van der Waals surface area (Å²) in [4.78, 5) is 4.28. The Bertz CT molecular complexity index is 574. The molecule has 1 unspecified atom stereocenters. The molecule has 0 amide bonds. The average molecular weight is 349 g/mol. The normalized spacial score (nSPS) is 12.1. The first-order chi connectivity index (χ1) is 10.2. The van der Waals surface area contributed by atoms with E-state index in [0.717, 1.165) is 28.8 Å². The van der Waals surface area contributed by atoms with Crippen LogP contribution in [0.15, 0.2) is 47.2 Å². The lowest BCUT2D eigenvalue weighted by Gasteiger charge is -2.20. The van der Waals surface area contributed by atoms with Gasteiger partial charge < -0.3 is 10.1 Å². The molecule has 1 atom stereocenters. The Kier molecular flexibility index (Phi) is 6.21. The van der Waals surface area contributed by atoms with Crippen LogP contribution in [-0.2, 0) is 0 Å². The highest BCUT2D eigenvalue weighted by molar-refractivity contribution is 9.10. The molecule has 0 saturated heterocycles. The van der Waals surface area contributed by atoms with Crippen LogP contribution in [0.4, 0.5) is 0 Å². The third-order valence-corrected chi connectivity index (χ3v) is 3.59. The Morgan fingerprint density at radius 2 is 2.05 bits per heavy atom. The van der Waals surface area contributed by atoms with Crippen molar-refractivity contribution in [1.82, 2.24) is 10.3 Å². The van der Waals surface area contributed by atoms with Crippen LogP contribution >= 0.6 is 15.9 Å². The average Bonchev–Trinajstić information content (AvgIpc) is 2.49. The molecule has 0 saturated carbocycles. The molecular weight excluding hydrogens is 328 g/mol. The van der Waals surface area contributed by atoms with Crippen molar-refractivity contribution in [1.29, 1.82) is 0 Å². The number of hydrogen-bond donors (Lipinski definition) is 1. The minimum absolute atomic E-state index is 0.121. The minimum Gasteiger partial charge on any atom is -0.494 e. The van der Waals surface area contributed by atoms with E-state index in [0.29, 0.717) is 6.61 Å². The van der Waals surface area contributed by atoms with Gasteiger partial charge in [0.1, 0.15) is 5.75 Å². The second-order valence-electron chi connectivity index (χ2n) is 4.83. The first kappa shape index (κ1) is 16.0. The van der Waals surface area contributed by atoms with Crippen molar-refractivity contribution in [3.8, 4) is 5.75 Å². The molecule has 3 nitrogen and oxygen atoms in total. The van der Waals surface area contributed by atoms with Crippen LogP contribution in [0.25, 0.3) is 0 Å². The Morgan fingerprint density at radius 3 is 2.76 bits per heavy atom. The van der Waals surface area contributed by atoms with E-state index in [1.54, 1.807) is 6.20 Å². The number of ether oxygens (including phenoxy) is 1. The second kappa shape index (κ2) is 8.15. The van der Waals surface area contributed by atoms with Crippen molar-refractivity contribution in [3.63, 3.8) is 0 Å². The molecule has 0 aliphatic rings. The maximum absolute atomic E-state index is 5.61. The number of nitrogens with one attached hydrogen (secondary N) is 1. The van der Waals surface area contributed by atoms with Crippen LogP contribution in [-0.4, -0.2) is 18.1 Å². The monoisotopic (exact) mass is 348 g/mol. The lowest BCUT2D eigenvalue weighted by atomic mass is 10.00. The fraction of sp³-hybridized carbons (Fsp3) is 0.353. The Balaban J connectivity index is 2.33. The van der Waals surface area contributed by atoms with Gasteiger partial charge in [-0.3, -0.25) is 4.98 Å². The largest absolute Gasteiger partial charge is 0.494 e. The van der Waals surface area contributed by atoms with Crippen molar-refractivity contribution in [2.45, 2.75) is 26.3 Å². The summed E-state index contributed by atoms with van der Waals surface area (Å²) in [5.74, 6) is 0.904. The molecule has 1 heterocycles. The fourth-order valence-corrected chi connectivity index (χ4v) is 2.64. The molecule has 0 aliphatic carbocycles. The molecule has 0 bridgehead atoms. The maximum Gasteiger partial charge on any atom is 0.119 e. The summed E-state index contributed by atoms with van der Waals surface area (Å²) in [5.41, 5.74) is 2.33. The molecule has 21 heavy (non-hydrogen) atoms. The lowest BCUT2D eigenvalue weighted by molar-refractivity contribution is 0.339. The van der Waals surface area contributed by atoms with Gasteiger partial charge in [-0.2, -0.15) is 0 Å². The first-order valence-corrected chi connectivity index (χ1v) is 8.10. The zero-order valence-electron chi connectivity index (χ0n) is 12.5. The van der Waals surface area contributed by atoms with E-state index in [1.807, 2.05) is 25.3 Å². The lowest BCUT2D eigenvalue weighted by Crippen LogP contribution is -2.23. The highest BCUT2D eigenvalue weighted by atomic mass is 79.9. The van der Waals surface area contributed by atoms with Crippen molar-refractivity contribution in [2.24, 2.45) is 0 Å². The van der Waals surface area contributed by atoms with Gasteiger partial charge in [-0.25, -0.2) is 0 Å². The van der Waals surface area contributed by atoms with E-state index in [-0.39, 0.29) is 6.04 Å². The van der Waals surface area contributed by atoms with E-state index >= 15 is 0 Å². The summed E-state index contributed by atoms with van der Waals surface area (Å²) in [5, 5.41) is 3.58. The Morgan fingerprint density at radius 1 is 1.19 bits per heavy atom. The van der Waals surface area contributed by atoms with Crippen LogP contribution in [0, 0.1) is 0 Å². The highest BCUT2D eigenvalue weighted by Gasteiger charge is 2.14. The quantitative estimate of drug-likeness (QED) is 0.808. The van der Waals surface area contributed by atoms with E-state index < -0.39 is 0 Å². The molecule has 0 fully saturated rings. The standard InChI is InChI=1S/C17H21BrN2O/c1-3-8-20-17(14-9-15(18)12-19-11-14)13-6-5-7-16(10-13)21-4-2/h5-7,9-12,17,20H,3-4,8H2,1-2H3. The molecule has 4 heteroatoms. The molecule has 1 aromatic heterocycles. The van der Waals surface area contributed by atoms with Crippen LogP contribution in [0.5, 0.6) is 5.75 Å². The predicted octanol–water partition coefficient (Wildman–Crippen LogP) is 4.33. The number of aromatic nitrogens is 1. The molecule has 2 aromatic rings. The van der Waals surface area contributed by atoms with E-state index in [9.17, 15) is 0 Å². The third-order valence-electron chi connectivity index (χ3n) is 3.16. The van der Waals surface area contributed by atoms with Crippen LogP contribution < -0.4 is 10.1 Å². The summed E-state index contributed by atoms with van der Waals surface area (Å²) in [6, 6.07) is 10.5. The third kappa shape index (κ3) is 4.55. The molecule has 0 spiro atoms. The number of pyridine rings is 1. The zero-order chi connectivity index (χ0) is 15.1. The molecular formula is C17H21BrN2O. The Hall–Kier alpha value is -1.39. The summed E-state index contributed by atoms with van der Waals surface area (Å²) < 4.78 is 6.60. The van der Waals surface area contributed by atoms with E-state index in [2.05, 4.69) is 51.4 Å². The summed E-state index contributed by atoms with van der Waals surface area (Å²) in [7, 11) is 0. The highest BCUT2D eigenvalue weighted by Crippen LogP contribution is 2.26. The van der Waals surface area contributed by atoms with Crippen molar-refractivity contribution >= 4 is 15.9 Å². The second-order valence-corrected chi connectivity index (χ2v) is 5.74. The van der Waals surface area contributed by atoms with Crippen LogP contribution in [0.2, 0.25) is 0 Å². The van der Waals surface area contributed by atoms with Crippen molar-refractivity contribution in [2.75, 3.05) is 13.2 Å².